The van der Waals surface area contributed by atoms with E-state index in [0.717, 1.165) is 25.7 Å². The summed E-state index contributed by atoms with van der Waals surface area (Å²) in [6, 6.07) is 9.22. The molecule has 1 saturated heterocycles. The molecule has 0 spiro atoms. The molecule has 0 atom stereocenters. The molecule has 4 nitrogen and oxygen atoms in total. The molecule has 2 aromatic rings. The number of hydrogen-bond donors (Lipinski definition) is 0. The number of rotatable bonds is 10. The minimum Gasteiger partial charge on any atom is -0.490 e. The van der Waals surface area contributed by atoms with E-state index in [0.29, 0.717) is 35.5 Å². The second-order valence-electron chi connectivity index (χ2n) is 7.88. The summed E-state index contributed by atoms with van der Waals surface area (Å²) < 4.78 is 45.6. The zero-order valence-electron chi connectivity index (χ0n) is 19.2. The van der Waals surface area contributed by atoms with Gasteiger partial charge in [0.25, 0.3) is 0 Å². The molecule has 0 unspecified atom stereocenters. The largest absolute Gasteiger partial charge is 0.490 e. The van der Waals surface area contributed by atoms with Crippen LogP contribution in [0.25, 0.3) is 12.2 Å². The first-order chi connectivity index (χ1) is 16.0. The number of unbranched alkanes of at least 4 members (excludes halogenated alkanes) is 2. The topological polar surface area (TPSA) is 44.8 Å². The minimum atomic E-state index is -0.478. The molecule has 0 radical (unpaired) electrons. The van der Waals surface area contributed by atoms with Gasteiger partial charge < -0.3 is 14.2 Å². The molecular formula is C27H30F2O4. The smallest absolute Gasteiger partial charge is 0.189 e. The minimum absolute atomic E-state index is 0.101. The number of Topliss-reactive ketones (excluding diaryl/α,β-unsaturated/α-hetero) is 1. The fraction of sp³-hybridized carbons (Fsp3) is 0.370. The number of para-hydroxylation sites is 2. The van der Waals surface area contributed by atoms with E-state index in [9.17, 15) is 13.6 Å². The average molecular weight is 457 g/mol. The van der Waals surface area contributed by atoms with E-state index in [2.05, 4.69) is 0 Å². The molecule has 1 aliphatic heterocycles. The lowest BCUT2D eigenvalue weighted by molar-refractivity contribution is -0.114. The van der Waals surface area contributed by atoms with Crippen molar-refractivity contribution >= 4 is 17.9 Å². The van der Waals surface area contributed by atoms with E-state index in [1.165, 1.54) is 12.1 Å². The molecule has 0 bridgehead atoms. The van der Waals surface area contributed by atoms with Crippen LogP contribution in [0.3, 0.4) is 0 Å². The summed E-state index contributed by atoms with van der Waals surface area (Å²) in [6.07, 6.45) is 6.66. The molecule has 3 rings (SSSR count). The van der Waals surface area contributed by atoms with Crippen molar-refractivity contribution in [2.75, 3.05) is 26.4 Å². The summed E-state index contributed by atoms with van der Waals surface area (Å²) >= 11 is 0. The molecule has 6 heteroatoms. The molecule has 0 amide bonds. The first-order valence-corrected chi connectivity index (χ1v) is 11.4. The van der Waals surface area contributed by atoms with Crippen LogP contribution in [0.15, 0.2) is 47.5 Å². The van der Waals surface area contributed by atoms with Crippen LogP contribution in [0.5, 0.6) is 11.5 Å². The quantitative estimate of drug-likeness (QED) is 0.307. The Morgan fingerprint density at radius 1 is 0.818 bits per heavy atom. The Hall–Kier alpha value is -2.99. The standard InChI is InChI=1S/C27H30F2O4/c1-3-5-13-32-26-19(9-7-11-23(26)28)15-21-17-31-18-22(25(21)30)16-20-10-8-12-24(29)27(20)33-14-6-4-2/h7-12,15-16H,3-6,13-14,17-18H2,1-2H3/b21-15+,22-16+. The number of ketones is 1. The van der Waals surface area contributed by atoms with Crippen LogP contribution < -0.4 is 9.47 Å². The molecule has 1 fully saturated rings. The Bertz CT molecular complexity index is 947. The zero-order valence-corrected chi connectivity index (χ0v) is 19.2. The van der Waals surface area contributed by atoms with Crippen molar-refractivity contribution < 1.29 is 27.8 Å². The van der Waals surface area contributed by atoms with Crippen molar-refractivity contribution in [2.24, 2.45) is 0 Å². The molecule has 2 aromatic carbocycles. The SMILES string of the molecule is CCCCOc1c(F)cccc1/C=C1\COC/C(=C\c2cccc(F)c2OCCCC)C1=O. The van der Waals surface area contributed by atoms with Gasteiger partial charge in [0.2, 0.25) is 0 Å². The van der Waals surface area contributed by atoms with E-state index >= 15 is 0 Å². The summed E-state index contributed by atoms with van der Waals surface area (Å²) in [5.74, 6) is -0.935. The van der Waals surface area contributed by atoms with Crippen LogP contribution in [0.1, 0.15) is 50.7 Å². The molecular weight excluding hydrogens is 426 g/mol. The maximum absolute atomic E-state index is 14.4. The molecule has 0 saturated carbocycles. The van der Waals surface area contributed by atoms with Crippen LogP contribution in [-0.4, -0.2) is 32.2 Å². The van der Waals surface area contributed by atoms with Crippen molar-refractivity contribution in [3.63, 3.8) is 0 Å². The van der Waals surface area contributed by atoms with Gasteiger partial charge in [-0.25, -0.2) is 8.78 Å². The monoisotopic (exact) mass is 456 g/mol. The summed E-state index contributed by atoms with van der Waals surface area (Å²) in [5, 5.41) is 0. The highest BCUT2D eigenvalue weighted by Crippen LogP contribution is 2.30. The number of hydrogen-bond acceptors (Lipinski definition) is 4. The van der Waals surface area contributed by atoms with Crippen molar-refractivity contribution in [1.29, 1.82) is 0 Å². The zero-order chi connectivity index (χ0) is 23.6. The van der Waals surface area contributed by atoms with E-state index in [1.807, 2.05) is 13.8 Å². The summed E-state index contributed by atoms with van der Waals surface area (Å²) in [6.45, 7) is 5.04. The van der Waals surface area contributed by atoms with Gasteiger partial charge >= 0.3 is 0 Å². The van der Waals surface area contributed by atoms with Crippen LogP contribution in [0, 0.1) is 11.6 Å². The van der Waals surface area contributed by atoms with Crippen LogP contribution >= 0.6 is 0 Å². The normalized spacial score (nSPS) is 16.4. The van der Waals surface area contributed by atoms with E-state index in [4.69, 9.17) is 14.2 Å². The number of halogens is 2. The van der Waals surface area contributed by atoms with Gasteiger partial charge in [0.1, 0.15) is 0 Å². The molecule has 0 aliphatic carbocycles. The van der Waals surface area contributed by atoms with Crippen molar-refractivity contribution in [3.8, 4) is 11.5 Å². The molecule has 1 heterocycles. The van der Waals surface area contributed by atoms with Gasteiger partial charge in [-0.1, -0.05) is 51.0 Å². The van der Waals surface area contributed by atoms with Gasteiger partial charge in [-0.15, -0.1) is 0 Å². The average Bonchev–Trinajstić information content (AvgIpc) is 2.80. The highest BCUT2D eigenvalue weighted by atomic mass is 19.1. The Morgan fingerprint density at radius 3 is 1.70 bits per heavy atom. The molecule has 1 aliphatic rings. The lowest BCUT2D eigenvalue weighted by atomic mass is 9.97. The number of ether oxygens (including phenoxy) is 3. The number of benzene rings is 2. The van der Waals surface area contributed by atoms with Gasteiger partial charge in [-0.3, -0.25) is 4.79 Å². The van der Waals surface area contributed by atoms with Crippen LogP contribution in [-0.2, 0) is 9.53 Å². The predicted octanol–water partition coefficient (Wildman–Crippen LogP) is 6.39. The highest BCUT2D eigenvalue weighted by Gasteiger charge is 2.23. The van der Waals surface area contributed by atoms with Gasteiger partial charge in [-0.05, 0) is 37.1 Å². The third kappa shape index (κ3) is 6.51. The number of carbonyl (C=O) groups is 1. The van der Waals surface area contributed by atoms with Crippen LogP contribution in [0.2, 0.25) is 0 Å². The number of carbonyl (C=O) groups excluding carboxylic acids is 1. The second-order valence-corrected chi connectivity index (χ2v) is 7.88. The Labute approximate surface area is 193 Å². The summed E-state index contributed by atoms with van der Waals surface area (Å²) in [5.41, 5.74) is 1.72. The molecule has 0 N–H and O–H groups in total. The van der Waals surface area contributed by atoms with Gasteiger partial charge in [0.05, 0.1) is 26.4 Å². The van der Waals surface area contributed by atoms with Gasteiger partial charge in [0, 0.05) is 22.3 Å². The van der Waals surface area contributed by atoms with Crippen molar-refractivity contribution in [3.05, 3.63) is 70.3 Å². The third-order valence-corrected chi connectivity index (χ3v) is 5.24. The summed E-state index contributed by atoms with van der Waals surface area (Å²) in [4.78, 5) is 13.2. The molecule has 33 heavy (non-hydrogen) atoms. The lowest BCUT2D eigenvalue weighted by Gasteiger charge is -2.19. The third-order valence-electron chi connectivity index (χ3n) is 5.24. The lowest BCUT2D eigenvalue weighted by Crippen LogP contribution is -2.22. The maximum atomic E-state index is 14.4. The van der Waals surface area contributed by atoms with Crippen LogP contribution in [0.4, 0.5) is 8.78 Å². The highest BCUT2D eigenvalue weighted by molar-refractivity contribution is 6.14. The Kier molecular flexibility index (Phi) is 9.19. The van der Waals surface area contributed by atoms with E-state index in [-0.39, 0.29) is 30.5 Å². The molecule has 0 aromatic heterocycles. The second kappa shape index (κ2) is 12.3. The fourth-order valence-corrected chi connectivity index (χ4v) is 3.42. The Morgan fingerprint density at radius 2 is 1.27 bits per heavy atom. The van der Waals surface area contributed by atoms with E-state index in [1.54, 1.807) is 36.4 Å². The first-order valence-electron chi connectivity index (χ1n) is 11.4. The Balaban J connectivity index is 1.89. The van der Waals surface area contributed by atoms with Gasteiger partial charge in [-0.2, -0.15) is 0 Å². The van der Waals surface area contributed by atoms with Crippen molar-refractivity contribution in [2.45, 2.75) is 39.5 Å². The van der Waals surface area contributed by atoms with Crippen molar-refractivity contribution in [1.82, 2.24) is 0 Å². The first kappa shape index (κ1) is 24.6. The molecule has 176 valence electrons. The van der Waals surface area contributed by atoms with E-state index < -0.39 is 11.6 Å². The van der Waals surface area contributed by atoms with Gasteiger partial charge in [0.15, 0.2) is 28.9 Å². The predicted molar refractivity (Wildman–Crippen MR) is 125 cm³/mol. The fourth-order valence-electron chi connectivity index (χ4n) is 3.42. The summed E-state index contributed by atoms with van der Waals surface area (Å²) in [7, 11) is 0. The maximum Gasteiger partial charge on any atom is 0.189 e.